The number of halogens is 1. The monoisotopic (exact) mass is 248 g/mol. The maximum Gasteiger partial charge on any atom is 0.220 e. The molecule has 13 heavy (non-hydrogen) atoms. The first-order valence-electron chi connectivity index (χ1n) is 4.78. The van der Waals surface area contributed by atoms with Crippen molar-refractivity contribution >= 4 is 21.8 Å². The maximum atomic E-state index is 11.2. The maximum absolute atomic E-state index is 11.2. The minimum atomic E-state index is 0.177. The van der Waals surface area contributed by atoms with Crippen molar-refractivity contribution in [1.82, 2.24) is 5.32 Å². The van der Waals surface area contributed by atoms with Gasteiger partial charge in [-0.2, -0.15) is 0 Å². The van der Waals surface area contributed by atoms with Crippen LogP contribution in [0.1, 0.15) is 39.5 Å². The van der Waals surface area contributed by atoms with Gasteiger partial charge in [0.2, 0.25) is 5.91 Å². The summed E-state index contributed by atoms with van der Waals surface area (Å²) in [5.41, 5.74) is 0. The molecule has 0 atom stereocenters. The SMILES string of the molecule is C[C](C)CNC(=O)CCCCCBr. The van der Waals surface area contributed by atoms with Crippen molar-refractivity contribution in [2.24, 2.45) is 0 Å². The summed E-state index contributed by atoms with van der Waals surface area (Å²) in [6, 6.07) is 0. The molecule has 1 amide bonds. The average molecular weight is 249 g/mol. The summed E-state index contributed by atoms with van der Waals surface area (Å²) >= 11 is 3.36. The van der Waals surface area contributed by atoms with Gasteiger partial charge in [-0.1, -0.05) is 36.2 Å². The first kappa shape index (κ1) is 12.9. The molecule has 0 saturated heterocycles. The normalized spacial score (nSPS) is 10.5. The minimum absolute atomic E-state index is 0.177. The predicted molar refractivity (Wildman–Crippen MR) is 59.9 cm³/mol. The molecule has 3 heteroatoms. The third-order valence-electron chi connectivity index (χ3n) is 1.68. The van der Waals surface area contributed by atoms with Gasteiger partial charge >= 0.3 is 0 Å². The number of unbranched alkanes of at least 4 members (excludes halogenated alkanes) is 2. The van der Waals surface area contributed by atoms with E-state index in [1.165, 1.54) is 5.92 Å². The van der Waals surface area contributed by atoms with Gasteiger partial charge in [-0.15, -0.1) is 0 Å². The van der Waals surface area contributed by atoms with Gasteiger partial charge < -0.3 is 5.32 Å². The Morgan fingerprint density at radius 3 is 2.46 bits per heavy atom. The van der Waals surface area contributed by atoms with E-state index in [-0.39, 0.29) is 5.91 Å². The molecule has 1 radical (unpaired) electrons. The molecule has 0 aliphatic carbocycles. The van der Waals surface area contributed by atoms with E-state index < -0.39 is 0 Å². The third kappa shape index (κ3) is 9.87. The van der Waals surface area contributed by atoms with Crippen LogP contribution in [-0.2, 0) is 4.79 Å². The van der Waals surface area contributed by atoms with Crippen LogP contribution in [-0.4, -0.2) is 17.8 Å². The Hall–Kier alpha value is -0.0500. The smallest absolute Gasteiger partial charge is 0.220 e. The second-order valence-corrected chi connectivity index (χ2v) is 4.28. The summed E-state index contributed by atoms with van der Waals surface area (Å²) in [5.74, 6) is 1.42. The first-order valence-corrected chi connectivity index (χ1v) is 5.90. The number of hydrogen-bond acceptors (Lipinski definition) is 1. The molecular weight excluding hydrogens is 230 g/mol. The molecule has 0 aromatic carbocycles. The quantitative estimate of drug-likeness (QED) is 0.545. The van der Waals surface area contributed by atoms with E-state index >= 15 is 0 Å². The van der Waals surface area contributed by atoms with Crippen molar-refractivity contribution < 1.29 is 4.79 Å². The van der Waals surface area contributed by atoms with E-state index in [1.54, 1.807) is 0 Å². The van der Waals surface area contributed by atoms with Crippen LogP contribution in [0.2, 0.25) is 0 Å². The van der Waals surface area contributed by atoms with Crippen LogP contribution < -0.4 is 5.32 Å². The van der Waals surface area contributed by atoms with Crippen molar-refractivity contribution in [2.75, 3.05) is 11.9 Å². The van der Waals surface area contributed by atoms with Crippen LogP contribution in [0.15, 0.2) is 0 Å². The van der Waals surface area contributed by atoms with Gasteiger partial charge in [-0.05, 0) is 18.8 Å². The summed E-state index contributed by atoms with van der Waals surface area (Å²) in [5, 5.41) is 3.91. The molecule has 0 bridgehead atoms. The lowest BCUT2D eigenvalue weighted by atomic mass is 10.2. The molecule has 0 aromatic heterocycles. The molecule has 0 aliphatic rings. The third-order valence-corrected chi connectivity index (χ3v) is 2.24. The van der Waals surface area contributed by atoms with Crippen LogP contribution in [0.4, 0.5) is 0 Å². The fourth-order valence-corrected chi connectivity index (χ4v) is 1.32. The summed E-state index contributed by atoms with van der Waals surface area (Å²) in [6.45, 7) is 4.76. The lowest BCUT2D eigenvalue weighted by Gasteiger charge is -2.06. The number of alkyl halides is 1. The number of amides is 1. The molecule has 0 aromatic rings. The highest BCUT2D eigenvalue weighted by atomic mass is 79.9. The minimum Gasteiger partial charge on any atom is -0.356 e. The lowest BCUT2D eigenvalue weighted by Crippen LogP contribution is -2.26. The lowest BCUT2D eigenvalue weighted by molar-refractivity contribution is -0.121. The van der Waals surface area contributed by atoms with Gasteiger partial charge in [0.15, 0.2) is 0 Å². The Kier molecular flexibility index (Phi) is 8.51. The predicted octanol–water partition coefficient (Wildman–Crippen LogP) is 2.67. The van der Waals surface area contributed by atoms with Gasteiger partial charge in [0.05, 0.1) is 0 Å². The van der Waals surface area contributed by atoms with Crippen LogP contribution in [0.25, 0.3) is 0 Å². The van der Waals surface area contributed by atoms with Crippen LogP contribution >= 0.6 is 15.9 Å². The zero-order chi connectivity index (χ0) is 10.1. The van der Waals surface area contributed by atoms with Crippen molar-refractivity contribution in [3.63, 3.8) is 0 Å². The molecule has 0 fully saturated rings. The number of carbonyl (C=O) groups excluding carboxylic acids is 1. The summed E-state index contributed by atoms with van der Waals surface area (Å²) in [4.78, 5) is 11.2. The highest BCUT2D eigenvalue weighted by molar-refractivity contribution is 9.09. The number of carbonyl (C=O) groups is 1. The van der Waals surface area contributed by atoms with Gasteiger partial charge in [-0.25, -0.2) is 0 Å². The Morgan fingerprint density at radius 2 is 1.92 bits per heavy atom. The molecule has 77 valence electrons. The van der Waals surface area contributed by atoms with E-state index in [0.29, 0.717) is 6.42 Å². The second kappa shape index (κ2) is 8.54. The summed E-state index contributed by atoms with van der Waals surface area (Å²) in [7, 11) is 0. The van der Waals surface area contributed by atoms with Gasteiger partial charge in [-0.3, -0.25) is 4.79 Å². The molecule has 0 heterocycles. The molecule has 0 saturated carbocycles. The zero-order valence-electron chi connectivity index (χ0n) is 8.53. The first-order chi connectivity index (χ1) is 6.16. The Morgan fingerprint density at radius 1 is 1.23 bits per heavy atom. The number of rotatable bonds is 7. The van der Waals surface area contributed by atoms with Crippen LogP contribution in [0.5, 0.6) is 0 Å². The molecular formula is C10H19BrNO. The molecule has 0 spiro atoms. The van der Waals surface area contributed by atoms with E-state index in [4.69, 9.17) is 0 Å². The molecule has 2 nitrogen and oxygen atoms in total. The Labute approximate surface area is 89.6 Å². The van der Waals surface area contributed by atoms with Gasteiger partial charge in [0.1, 0.15) is 0 Å². The highest BCUT2D eigenvalue weighted by Crippen LogP contribution is 2.02. The van der Waals surface area contributed by atoms with E-state index in [1.807, 2.05) is 13.8 Å². The second-order valence-electron chi connectivity index (χ2n) is 3.48. The molecule has 0 unspecified atom stereocenters. The Balaban J connectivity index is 3.20. The van der Waals surface area contributed by atoms with Crippen molar-refractivity contribution in [2.45, 2.75) is 39.5 Å². The largest absolute Gasteiger partial charge is 0.356 e. The standard InChI is InChI=1S/C10H19BrNO/c1-9(2)8-12-10(13)6-4-3-5-7-11/h3-8H2,1-2H3,(H,12,13). The zero-order valence-corrected chi connectivity index (χ0v) is 10.1. The number of hydrogen-bond donors (Lipinski definition) is 1. The fraction of sp³-hybridized carbons (Fsp3) is 0.800. The van der Waals surface area contributed by atoms with Crippen molar-refractivity contribution in [1.29, 1.82) is 0 Å². The van der Waals surface area contributed by atoms with Gasteiger partial charge in [0, 0.05) is 18.3 Å². The molecule has 0 aliphatic heterocycles. The van der Waals surface area contributed by atoms with Crippen LogP contribution in [0, 0.1) is 5.92 Å². The average Bonchev–Trinajstić information content (AvgIpc) is 2.09. The van der Waals surface area contributed by atoms with Crippen molar-refractivity contribution in [3.8, 4) is 0 Å². The number of nitrogens with one attached hydrogen (secondary N) is 1. The van der Waals surface area contributed by atoms with Crippen LogP contribution in [0.3, 0.4) is 0 Å². The highest BCUT2D eigenvalue weighted by Gasteiger charge is 2.01. The topological polar surface area (TPSA) is 29.1 Å². The molecule has 1 N–H and O–H groups in total. The van der Waals surface area contributed by atoms with Crippen molar-refractivity contribution in [3.05, 3.63) is 5.92 Å². The molecule has 0 rings (SSSR count). The van der Waals surface area contributed by atoms with E-state index in [0.717, 1.165) is 31.1 Å². The summed E-state index contributed by atoms with van der Waals surface area (Å²) < 4.78 is 0. The van der Waals surface area contributed by atoms with Gasteiger partial charge in [0.25, 0.3) is 0 Å². The van der Waals surface area contributed by atoms with E-state index in [9.17, 15) is 4.79 Å². The Bertz CT molecular complexity index is 137. The van der Waals surface area contributed by atoms with E-state index in [2.05, 4.69) is 21.2 Å². The summed E-state index contributed by atoms with van der Waals surface area (Å²) in [6.07, 6.45) is 3.96. The fourth-order valence-electron chi connectivity index (χ4n) is 0.921.